The average molecular weight is 299 g/mol. The summed E-state index contributed by atoms with van der Waals surface area (Å²) in [6.45, 7) is 0.411. The molecule has 0 aliphatic rings. The number of amides is 1. The van der Waals surface area contributed by atoms with Crippen LogP contribution in [0.2, 0.25) is 0 Å². The smallest absolute Gasteiger partial charge is 0.276 e. The lowest BCUT2D eigenvalue weighted by Gasteiger charge is -2.15. The van der Waals surface area contributed by atoms with Crippen molar-refractivity contribution >= 4 is 33.3 Å². The van der Waals surface area contributed by atoms with Crippen molar-refractivity contribution in [3.05, 3.63) is 47.4 Å². The van der Waals surface area contributed by atoms with E-state index in [1.807, 2.05) is 24.3 Å². The summed E-state index contributed by atoms with van der Waals surface area (Å²) in [6, 6.07) is 7.89. The van der Waals surface area contributed by atoms with E-state index in [1.165, 1.54) is 17.3 Å². The summed E-state index contributed by atoms with van der Waals surface area (Å²) in [7, 11) is 1.70. The number of carbonyl (C=O) groups excluding carboxylic acids is 1. The Morgan fingerprint density at radius 3 is 2.81 bits per heavy atom. The van der Waals surface area contributed by atoms with Crippen molar-refractivity contribution in [2.45, 2.75) is 6.54 Å². The Morgan fingerprint density at radius 1 is 1.29 bits per heavy atom. The Bertz CT molecular complexity index is 768. The summed E-state index contributed by atoms with van der Waals surface area (Å²) in [5.41, 5.74) is 6.79. The molecule has 0 aliphatic carbocycles. The highest BCUT2D eigenvalue weighted by Crippen LogP contribution is 2.22. The van der Waals surface area contributed by atoms with Gasteiger partial charge in [0, 0.05) is 19.4 Å². The van der Waals surface area contributed by atoms with Crippen molar-refractivity contribution in [3.8, 4) is 0 Å². The van der Waals surface area contributed by atoms with Crippen LogP contribution in [0.15, 0.2) is 36.7 Å². The highest BCUT2D eigenvalue weighted by Gasteiger charge is 2.18. The Labute approximate surface area is 125 Å². The predicted octanol–water partition coefficient (Wildman–Crippen LogP) is 1.94. The number of aromatic nitrogens is 3. The van der Waals surface area contributed by atoms with Gasteiger partial charge in [0.25, 0.3) is 5.91 Å². The van der Waals surface area contributed by atoms with Crippen molar-refractivity contribution in [2.24, 2.45) is 0 Å². The van der Waals surface area contributed by atoms with E-state index in [-0.39, 0.29) is 17.4 Å². The Hall–Kier alpha value is -2.54. The Kier molecular flexibility index (Phi) is 3.49. The first-order valence-electron chi connectivity index (χ1n) is 6.31. The zero-order valence-electron chi connectivity index (χ0n) is 11.4. The third-order valence-corrected chi connectivity index (χ3v) is 4.01. The monoisotopic (exact) mass is 299 g/mol. The number of hydrogen-bond acceptors (Lipinski definition) is 6. The van der Waals surface area contributed by atoms with Gasteiger partial charge >= 0.3 is 0 Å². The van der Waals surface area contributed by atoms with Crippen LogP contribution in [-0.4, -0.2) is 32.8 Å². The largest absolute Gasteiger partial charge is 0.382 e. The minimum absolute atomic E-state index is 0.138. The lowest BCUT2D eigenvalue weighted by Crippen LogP contribution is -2.28. The van der Waals surface area contributed by atoms with Gasteiger partial charge in [-0.25, -0.2) is 15.0 Å². The van der Waals surface area contributed by atoms with Gasteiger partial charge in [-0.15, -0.1) is 11.3 Å². The van der Waals surface area contributed by atoms with E-state index in [1.54, 1.807) is 18.4 Å². The number of anilines is 1. The van der Waals surface area contributed by atoms with Gasteiger partial charge in [0.1, 0.15) is 5.01 Å². The maximum Gasteiger partial charge on any atom is 0.276 e. The molecule has 21 heavy (non-hydrogen) atoms. The van der Waals surface area contributed by atoms with E-state index in [0.717, 1.165) is 15.2 Å². The van der Waals surface area contributed by atoms with Crippen molar-refractivity contribution in [1.82, 2.24) is 19.9 Å². The molecule has 2 N–H and O–H groups in total. The molecule has 0 saturated heterocycles. The molecule has 106 valence electrons. The van der Waals surface area contributed by atoms with Crippen molar-refractivity contribution in [2.75, 3.05) is 12.8 Å². The first-order chi connectivity index (χ1) is 10.1. The zero-order chi connectivity index (χ0) is 14.8. The van der Waals surface area contributed by atoms with Crippen LogP contribution in [0, 0.1) is 0 Å². The fourth-order valence-corrected chi connectivity index (χ4v) is 2.98. The second kappa shape index (κ2) is 5.45. The molecule has 6 nitrogen and oxygen atoms in total. The topological polar surface area (TPSA) is 85.0 Å². The number of para-hydroxylation sites is 1. The number of hydrogen-bond donors (Lipinski definition) is 1. The van der Waals surface area contributed by atoms with E-state index in [2.05, 4.69) is 15.0 Å². The number of benzene rings is 1. The van der Waals surface area contributed by atoms with Gasteiger partial charge in [0.05, 0.1) is 16.8 Å². The van der Waals surface area contributed by atoms with Gasteiger partial charge in [0.2, 0.25) is 0 Å². The first-order valence-corrected chi connectivity index (χ1v) is 7.13. The minimum atomic E-state index is -0.264. The third-order valence-electron chi connectivity index (χ3n) is 2.99. The third kappa shape index (κ3) is 2.68. The molecule has 7 heteroatoms. The Morgan fingerprint density at radius 2 is 2.05 bits per heavy atom. The van der Waals surface area contributed by atoms with E-state index >= 15 is 0 Å². The summed E-state index contributed by atoms with van der Waals surface area (Å²) in [4.78, 5) is 26.2. The highest BCUT2D eigenvalue weighted by molar-refractivity contribution is 7.18. The Balaban J connectivity index is 1.81. The standard InChI is InChI=1S/C14H13N5OS/c1-19(14(20)12-13(15)17-7-6-16-12)8-11-18-9-4-2-3-5-10(9)21-11/h2-7H,8H2,1H3,(H2,15,17). The molecular weight excluding hydrogens is 286 g/mol. The second-order valence-electron chi connectivity index (χ2n) is 4.53. The lowest BCUT2D eigenvalue weighted by atomic mass is 10.3. The average Bonchev–Trinajstić information content (AvgIpc) is 2.89. The quantitative estimate of drug-likeness (QED) is 0.799. The minimum Gasteiger partial charge on any atom is -0.382 e. The van der Waals surface area contributed by atoms with E-state index in [9.17, 15) is 4.79 Å². The molecule has 1 amide bonds. The fourth-order valence-electron chi connectivity index (χ4n) is 1.96. The maximum absolute atomic E-state index is 12.3. The maximum atomic E-state index is 12.3. The van der Waals surface area contributed by atoms with Crippen LogP contribution in [0.5, 0.6) is 0 Å². The zero-order valence-corrected chi connectivity index (χ0v) is 12.2. The molecule has 0 spiro atoms. The van der Waals surface area contributed by atoms with Gasteiger partial charge in [-0.05, 0) is 12.1 Å². The summed E-state index contributed by atoms with van der Waals surface area (Å²) in [5.74, 6) is -0.126. The highest BCUT2D eigenvalue weighted by atomic mass is 32.1. The van der Waals surface area contributed by atoms with Crippen LogP contribution in [0.3, 0.4) is 0 Å². The van der Waals surface area contributed by atoms with Gasteiger partial charge in [-0.1, -0.05) is 12.1 Å². The number of nitrogens with zero attached hydrogens (tertiary/aromatic N) is 4. The van der Waals surface area contributed by atoms with Gasteiger partial charge in [-0.2, -0.15) is 0 Å². The molecule has 3 rings (SSSR count). The summed E-state index contributed by atoms with van der Waals surface area (Å²) < 4.78 is 1.10. The molecule has 1 aromatic carbocycles. The summed E-state index contributed by atoms with van der Waals surface area (Å²) in [5, 5.41) is 0.870. The van der Waals surface area contributed by atoms with E-state index < -0.39 is 0 Å². The van der Waals surface area contributed by atoms with Crippen molar-refractivity contribution in [1.29, 1.82) is 0 Å². The molecule has 0 saturated carbocycles. The van der Waals surface area contributed by atoms with Crippen molar-refractivity contribution in [3.63, 3.8) is 0 Å². The van der Waals surface area contributed by atoms with Crippen LogP contribution in [0.1, 0.15) is 15.5 Å². The number of rotatable bonds is 3. The molecule has 2 aromatic heterocycles. The van der Waals surface area contributed by atoms with Crippen LogP contribution in [0.25, 0.3) is 10.2 Å². The number of fused-ring (bicyclic) bond motifs is 1. The molecule has 0 aliphatic heterocycles. The molecule has 0 atom stereocenters. The second-order valence-corrected chi connectivity index (χ2v) is 5.64. The normalized spacial score (nSPS) is 10.7. The first kappa shape index (κ1) is 13.4. The summed E-state index contributed by atoms with van der Waals surface area (Å²) >= 11 is 1.57. The van der Waals surface area contributed by atoms with Gasteiger partial charge in [0.15, 0.2) is 11.5 Å². The lowest BCUT2D eigenvalue weighted by molar-refractivity contribution is 0.0780. The van der Waals surface area contributed by atoms with E-state index in [4.69, 9.17) is 5.73 Å². The molecule has 0 bridgehead atoms. The molecular formula is C14H13N5OS. The van der Waals surface area contributed by atoms with Gasteiger partial charge in [-0.3, -0.25) is 4.79 Å². The number of carbonyl (C=O) groups is 1. The number of nitrogens with two attached hydrogens (primary N) is 1. The number of nitrogen functional groups attached to an aromatic ring is 1. The summed E-state index contributed by atoms with van der Waals surface area (Å²) in [6.07, 6.45) is 2.91. The molecule has 0 unspecified atom stereocenters. The van der Waals surface area contributed by atoms with Crippen LogP contribution >= 0.6 is 11.3 Å². The fraction of sp³-hybridized carbons (Fsp3) is 0.143. The van der Waals surface area contributed by atoms with Crippen LogP contribution in [0.4, 0.5) is 5.82 Å². The molecule has 3 aromatic rings. The predicted molar refractivity (Wildman–Crippen MR) is 81.9 cm³/mol. The van der Waals surface area contributed by atoms with Crippen LogP contribution < -0.4 is 5.73 Å². The van der Waals surface area contributed by atoms with Crippen molar-refractivity contribution < 1.29 is 4.79 Å². The number of thiazole rings is 1. The molecule has 2 heterocycles. The van der Waals surface area contributed by atoms with Gasteiger partial charge < -0.3 is 10.6 Å². The SMILES string of the molecule is CN(Cc1nc2ccccc2s1)C(=O)c1nccnc1N. The molecule has 0 radical (unpaired) electrons. The van der Waals surface area contributed by atoms with E-state index in [0.29, 0.717) is 6.54 Å². The van der Waals surface area contributed by atoms with Crippen LogP contribution in [-0.2, 0) is 6.54 Å². The molecule has 0 fully saturated rings.